The molecule has 0 unspecified atom stereocenters. The maximum Gasteiger partial charge on any atom is 0.119 e. The SMILES string of the molecule is COc1ccc2nnc(CCc3ccccc3)c(C#N)c2c1. The summed E-state index contributed by atoms with van der Waals surface area (Å²) in [5.74, 6) is 0.714. The molecule has 3 rings (SSSR count). The molecule has 0 atom stereocenters. The van der Waals surface area contributed by atoms with Gasteiger partial charge in [-0.15, -0.1) is 0 Å². The van der Waals surface area contributed by atoms with Gasteiger partial charge in [-0.1, -0.05) is 30.3 Å². The van der Waals surface area contributed by atoms with Crippen molar-refractivity contribution in [1.29, 1.82) is 5.26 Å². The first kappa shape index (κ1) is 14.0. The number of fused-ring (bicyclic) bond motifs is 1. The molecule has 4 nitrogen and oxygen atoms in total. The monoisotopic (exact) mass is 289 g/mol. The second-order valence-corrected chi connectivity index (χ2v) is 5.00. The number of ether oxygens (including phenoxy) is 1. The van der Waals surface area contributed by atoms with Crippen molar-refractivity contribution in [3.05, 3.63) is 65.4 Å². The number of hydrogen-bond donors (Lipinski definition) is 0. The largest absolute Gasteiger partial charge is 0.497 e. The molecule has 4 heteroatoms. The Morgan fingerprint density at radius 3 is 2.59 bits per heavy atom. The number of rotatable bonds is 4. The molecular weight excluding hydrogens is 274 g/mol. The fourth-order valence-electron chi connectivity index (χ4n) is 2.46. The van der Waals surface area contributed by atoms with Gasteiger partial charge >= 0.3 is 0 Å². The lowest BCUT2D eigenvalue weighted by atomic mass is 10.0. The van der Waals surface area contributed by atoms with Crippen LogP contribution in [0.2, 0.25) is 0 Å². The van der Waals surface area contributed by atoms with E-state index in [2.05, 4.69) is 28.4 Å². The number of methoxy groups -OCH3 is 1. The fourth-order valence-corrected chi connectivity index (χ4v) is 2.46. The lowest BCUT2D eigenvalue weighted by molar-refractivity contribution is 0.415. The average molecular weight is 289 g/mol. The van der Waals surface area contributed by atoms with E-state index in [-0.39, 0.29) is 0 Å². The minimum Gasteiger partial charge on any atom is -0.497 e. The van der Waals surface area contributed by atoms with E-state index in [9.17, 15) is 5.26 Å². The van der Waals surface area contributed by atoms with Crippen LogP contribution in [0, 0.1) is 11.3 Å². The molecule has 0 amide bonds. The Kier molecular flexibility index (Phi) is 3.97. The van der Waals surface area contributed by atoms with E-state index in [0.29, 0.717) is 23.3 Å². The van der Waals surface area contributed by atoms with Crippen LogP contribution < -0.4 is 4.74 Å². The summed E-state index contributed by atoms with van der Waals surface area (Å²) in [5.41, 5.74) is 3.24. The molecule has 0 saturated carbocycles. The van der Waals surface area contributed by atoms with Gasteiger partial charge in [-0.2, -0.15) is 15.5 Å². The standard InChI is InChI=1S/C18H15N3O/c1-22-14-8-10-17-15(11-14)16(12-19)18(21-20-17)9-7-13-5-3-2-4-6-13/h2-6,8,10-11H,7,9H2,1H3. The molecule has 0 bridgehead atoms. The van der Waals surface area contributed by atoms with Crippen molar-refractivity contribution < 1.29 is 4.74 Å². The third-order valence-corrected chi connectivity index (χ3v) is 3.65. The molecule has 1 heterocycles. The van der Waals surface area contributed by atoms with E-state index in [1.54, 1.807) is 7.11 Å². The van der Waals surface area contributed by atoms with Crippen molar-refractivity contribution in [1.82, 2.24) is 10.2 Å². The molecule has 0 fully saturated rings. The van der Waals surface area contributed by atoms with Crippen LogP contribution in [-0.2, 0) is 12.8 Å². The lowest BCUT2D eigenvalue weighted by Crippen LogP contribution is -2.02. The van der Waals surface area contributed by atoms with E-state index in [4.69, 9.17) is 4.74 Å². The molecule has 0 saturated heterocycles. The zero-order valence-electron chi connectivity index (χ0n) is 12.3. The summed E-state index contributed by atoms with van der Waals surface area (Å²) >= 11 is 0. The molecule has 1 aromatic heterocycles. The Morgan fingerprint density at radius 2 is 1.86 bits per heavy atom. The summed E-state index contributed by atoms with van der Waals surface area (Å²) in [5, 5.41) is 18.8. The molecule has 0 aliphatic rings. The van der Waals surface area contributed by atoms with Crippen molar-refractivity contribution in [3.8, 4) is 11.8 Å². The van der Waals surface area contributed by atoms with Crippen LogP contribution in [0.25, 0.3) is 10.9 Å². The van der Waals surface area contributed by atoms with Gasteiger partial charge in [0.1, 0.15) is 11.8 Å². The molecule has 108 valence electrons. The third kappa shape index (κ3) is 2.75. The second kappa shape index (κ2) is 6.23. The van der Waals surface area contributed by atoms with Gasteiger partial charge < -0.3 is 4.74 Å². The van der Waals surface area contributed by atoms with Crippen molar-refractivity contribution in [2.75, 3.05) is 7.11 Å². The highest BCUT2D eigenvalue weighted by Gasteiger charge is 2.11. The molecule has 0 aliphatic heterocycles. The van der Waals surface area contributed by atoms with E-state index in [0.717, 1.165) is 17.5 Å². The van der Waals surface area contributed by atoms with Crippen LogP contribution in [0.3, 0.4) is 0 Å². The number of nitriles is 1. The van der Waals surface area contributed by atoms with Crippen LogP contribution in [0.1, 0.15) is 16.8 Å². The van der Waals surface area contributed by atoms with Gasteiger partial charge in [-0.3, -0.25) is 0 Å². The van der Waals surface area contributed by atoms with E-state index in [1.165, 1.54) is 5.56 Å². The highest BCUT2D eigenvalue weighted by molar-refractivity contribution is 5.86. The molecule has 0 aliphatic carbocycles. The number of hydrogen-bond acceptors (Lipinski definition) is 4. The number of aromatic nitrogens is 2. The fraction of sp³-hybridized carbons (Fsp3) is 0.167. The summed E-state index contributed by atoms with van der Waals surface area (Å²) in [6.07, 6.45) is 1.52. The summed E-state index contributed by atoms with van der Waals surface area (Å²) in [6.45, 7) is 0. The number of aryl methyl sites for hydroxylation is 2. The van der Waals surface area contributed by atoms with Gasteiger partial charge in [0.05, 0.1) is 23.9 Å². The zero-order chi connectivity index (χ0) is 15.4. The first-order valence-electron chi connectivity index (χ1n) is 7.09. The highest BCUT2D eigenvalue weighted by Crippen LogP contribution is 2.24. The molecule has 0 N–H and O–H groups in total. The van der Waals surface area contributed by atoms with Crippen molar-refractivity contribution >= 4 is 10.9 Å². The molecule has 0 spiro atoms. The van der Waals surface area contributed by atoms with E-state index < -0.39 is 0 Å². The predicted octanol–water partition coefficient (Wildman–Crippen LogP) is 3.30. The quantitative estimate of drug-likeness (QED) is 0.739. The van der Waals surface area contributed by atoms with Gasteiger partial charge in [-0.05, 0) is 36.6 Å². The van der Waals surface area contributed by atoms with Crippen LogP contribution >= 0.6 is 0 Å². The molecular formula is C18H15N3O. The summed E-state index contributed by atoms with van der Waals surface area (Å²) in [4.78, 5) is 0. The van der Waals surface area contributed by atoms with Crippen LogP contribution in [0.5, 0.6) is 5.75 Å². The Morgan fingerprint density at radius 1 is 1.05 bits per heavy atom. The first-order chi connectivity index (χ1) is 10.8. The second-order valence-electron chi connectivity index (χ2n) is 5.00. The summed E-state index contributed by atoms with van der Waals surface area (Å²) in [7, 11) is 1.61. The lowest BCUT2D eigenvalue weighted by Gasteiger charge is -2.07. The first-order valence-corrected chi connectivity index (χ1v) is 7.09. The molecule has 0 radical (unpaired) electrons. The van der Waals surface area contributed by atoms with Gasteiger partial charge in [0, 0.05) is 5.39 Å². The molecule has 2 aromatic carbocycles. The molecule has 22 heavy (non-hydrogen) atoms. The third-order valence-electron chi connectivity index (χ3n) is 3.65. The average Bonchev–Trinajstić information content (AvgIpc) is 2.59. The number of nitrogens with zero attached hydrogens (tertiary/aromatic N) is 3. The normalized spacial score (nSPS) is 10.4. The van der Waals surface area contributed by atoms with Crippen LogP contribution in [-0.4, -0.2) is 17.3 Å². The maximum atomic E-state index is 9.52. The van der Waals surface area contributed by atoms with Gasteiger partial charge in [0.2, 0.25) is 0 Å². The minimum absolute atomic E-state index is 0.583. The zero-order valence-corrected chi connectivity index (χ0v) is 12.3. The van der Waals surface area contributed by atoms with Crippen LogP contribution in [0.4, 0.5) is 0 Å². The van der Waals surface area contributed by atoms with Crippen molar-refractivity contribution in [3.63, 3.8) is 0 Å². The van der Waals surface area contributed by atoms with Crippen molar-refractivity contribution in [2.24, 2.45) is 0 Å². The Labute approximate surface area is 129 Å². The minimum atomic E-state index is 0.583. The summed E-state index contributed by atoms with van der Waals surface area (Å²) in [6, 6.07) is 17.9. The Bertz CT molecular complexity index is 838. The Balaban J connectivity index is 1.97. The van der Waals surface area contributed by atoms with Gasteiger partial charge in [0.15, 0.2) is 0 Å². The van der Waals surface area contributed by atoms with Gasteiger partial charge in [-0.25, -0.2) is 0 Å². The van der Waals surface area contributed by atoms with Gasteiger partial charge in [0.25, 0.3) is 0 Å². The smallest absolute Gasteiger partial charge is 0.119 e. The van der Waals surface area contributed by atoms with Crippen molar-refractivity contribution in [2.45, 2.75) is 12.8 Å². The summed E-state index contributed by atoms with van der Waals surface area (Å²) < 4.78 is 5.23. The highest BCUT2D eigenvalue weighted by atomic mass is 16.5. The Hall–Kier alpha value is -2.93. The maximum absolute atomic E-state index is 9.52. The van der Waals surface area contributed by atoms with E-state index >= 15 is 0 Å². The van der Waals surface area contributed by atoms with E-state index in [1.807, 2.05) is 36.4 Å². The van der Waals surface area contributed by atoms with Crippen LogP contribution in [0.15, 0.2) is 48.5 Å². The molecule has 3 aromatic rings. The topological polar surface area (TPSA) is 58.8 Å². The predicted molar refractivity (Wildman–Crippen MR) is 84.7 cm³/mol. The number of benzene rings is 2.